The molecule has 0 aromatic carbocycles. The van der Waals surface area contributed by atoms with Crippen LogP contribution < -0.4 is 16.4 Å². The monoisotopic (exact) mass is 288 g/mol. The molecule has 1 saturated carbocycles. The summed E-state index contributed by atoms with van der Waals surface area (Å²) in [7, 11) is 0. The minimum atomic E-state index is -0.451. The Balaban J connectivity index is 1.62. The van der Waals surface area contributed by atoms with E-state index < -0.39 is 6.29 Å². The first-order valence-corrected chi connectivity index (χ1v) is 7.47. The maximum atomic E-state index is 9.27. The molecule has 2 heterocycles. The fourth-order valence-corrected chi connectivity index (χ4v) is 2.92. The lowest BCUT2D eigenvalue weighted by Crippen LogP contribution is -2.39. The number of fused-ring (bicyclic) bond motifs is 1. The van der Waals surface area contributed by atoms with Gasteiger partial charge in [-0.05, 0) is 19.3 Å². The summed E-state index contributed by atoms with van der Waals surface area (Å²) in [4.78, 5) is 8.92. The quantitative estimate of drug-likeness (QED) is 0.594. The van der Waals surface area contributed by atoms with Crippen LogP contribution in [-0.2, 0) is 0 Å². The molecular formula is C14H20N6O. The third-order valence-corrected chi connectivity index (χ3v) is 4.23. The summed E-state index contributed by atoms with van der Waals surface area (Å²) in [5.74, 6) is 1.93. The largest absolute Gasteiger partial charge is 0.396 e. The number of hydrogen-bond donors (Lipinski definition) is 4. The third-order valence-electron chi connectivity index (χ3n) is 4.23. The van der Waals surface area contributed by atoms with E-state index in [1.165, 1.54) is 12.8 Å². The van der Waals surface area contributed by atoms with Gasteiger partial charge in [0.05, 0.1) is 12.4 Å². The summed E-state index contributed by atoms with van der Waals surface area (Å²) in [5, 5.41) is 15.9. The van der Waals surface area contributed by atoms with Crippen LogP contribution in [0.1, 0.15) is 31.0 Å². The van der Waals surface area contributed by atoms with Gasteiger partial charge >= 0.3 is 0 Å². The summed E-state index contributed by atoms with van der Waals surface area (Å²) in [6.45, 7) is 0.187. The van der Waals surface area contributed by atoms with Crippen LogP contribution >= 0.6 is 0 Å². The summed E-state index contributed by atoms with van der Waals surface area (Å²) < 4.78 is 2.09. The van der Waals surface area contributed by atoms with Crippen LogP contribution in [0.2, 0.25) is 0 Å². The van der Waals surface area contributed by atoms with Gasteiger partial charge in [-0.25, -0.2) is 9.98 Å². The summed E-state index contributed by atoms with van der Waals surface area (Å²) in [6, 6.07) is 0.718. The van der Waals surface area contributed by atoms with Crippen LogP contribution in [-0.4, -0.2) is 39.4 Å². The molecule has 0 saturated heterocycles. The van der Waals surface area contributed by atoms with E-state index in [9.17, 15) is 5.11 Å². The number of anilines is 1. The zero-order valence-electron chi connectivity index (χ0n) is 11.7. The smallest absolute Gasteiger partial charge is 0.174 e. The van der Waals surface area contributed by atoms with Crippen molar-refractivity contribution in [3.63, 3.8) is 0 Å². The number of imidazole rings is 1. The van der Waals surface area contributed by atoms with Crippen LogP contribution in [0.25, 0.3) is 0 Å². The minimum absolute atomic E-state index is 0.187. The van der Waals surface area contributed by atoms with Crippen LogP contribution in [0.4, 0.5) is 5.82 Å². The van der Waals surface area contributed by atoms with E-state index in [0.29, 0.717) is 6.04 Å². The molecule has 0 amide bonds. The van der Waals surface area contributed by atoms with Crippen molar-refractivity contribution < 1.29 is 5.11 Å². The lowest BCUT2D eigenvalue weighted by molar-refractivity contribution is 0.244. The molecule has 0 bridgehead atoms. The van der Waals surface area contributed by atoms with Crippen LogP contribution in [0.15, 0.2) is 23.5 Å². The number of amidine groups is 1. The number of hydrogen-bond acceptors (Lipinski definition) is 6. The van der Waals surface area contributed by atoms with E-state index in [1.807, 2.05) is 6.33 Å². The van der Waals surface area contributed by atoms with Crippen LogP contribution in [0.3, 0.4) is 0 Å². The first-order chi connectivity index (χ1) is 10.2. The Morgan fingerprint density at radius 1 is 1.43 bits per heavy atom. The highest BCUT2D eigenvalue weighted by Crippen LogP contribution is 2.33. The second kappa shape index (κ2) is 4.85. The topological polar surface area (TPSA) is 100 Å². The van der Waals surface area contributed by atoms with Crippen molar-refractivity contribution in [3.8, 4) is 0 Å². The van der Waals surface area contributed by atoms with Crippen molar-refractivity contribution in [1.29, 1.82) is 0 Å². The molecule has 1 aromatic rings. The number of nitrogens with two attached hydrogens (primary N) is 1. The number of aliphatic hydroxyl groups excluding tert-OH is 1. The highest BCUT2D eigenvalue weighted by atomic mass is 16.3. The minimum Gasteiger partial charge on any atom is -0.396 e. The zero-order chi connectivity index (χ0) is 14.4. The molecule has 0 spiro atoms. The van der Waals surface area contributed by atoms with Gasteiger partial charge in [-0.1, -0.05) is 12.2 Å². The van der Waals surface area contributed by atoms with Gasteiger partial charge in [0.1, 0.15) is 11.5 Å². The molecule has 21 heavy (non-hydrogen) atoms. The third kappa shape index (κ3) is 2.32. The van der Waals surface area contributed by atoms with Gasteiger partial charge in [-0.3, -0.25) is 5.73 Å². The van der Waals surface area contributed by atoms with Gasteiger partial charge in [-0.2, -0.15) is 0 Å². The van der Waals surface area contributed by atoms with Crippen molar-refractivity contribution in [1.82, 2.24) is 14.9 Å². The Morgan fingerprint density at radius 2 is 2.29 bits per heavy atom. The molecule has 1 aromatic heterocycles. The van der Waals surface area contributed by atoms with Crippen LogP contribution in [0, 0.1) is 5.92 Å². The van der Waals surface area contributed by atoms with Crippen molar-refractivity contribution in [2.24, 2.45) is 16.6 Å². The van der Waals surface area contributed by atoms with Gasteiger partial charge in [0.15, 0.2) is 12.1 Å². The van der Waals surface area contributed by atoms with Crippen molar-refractivity contribution in [2.45, 2.75) is 37.6 Å². The second-order valence-electron chi connectivity index (χ2n) is 5.97. The molecule has 1 unspecified atom stereocenters. The molecule has 7 nitrogen and oxygen atoms in total. The normalized spacial score (nSPS) is 30.8. The Kier molecular flexibility index (Phi) is 2.97. The lowest BCUT2D eigenvalue weighted by atomic mass is 10.1. The Morgan fingerprint density at radius 3 is 3.00 bits per heavy atom. The number of aliphatic hydroxyl groups is 1. The molecule has 7 heteroatoms. The molecule has 112 valence electrons. The fraction of sp³-hybridized carbons (Fsp3) is 0.571. The SMILES string of the molecule is N[C@@H]1N=C(NC2CC2)c2ncn(C3C=C[C@@H](CO)C3)c2N1. The molecular weight excluding hydrogens is 268 g/mol. The van der Waals surface area contributed by atoms with E-state index >= 15 is 0 Å². The Labute approximate surface area is 123 Å². The average molecular weight is 288 g/mol. The predicted molar refractivity (Wildman–Crippen MR) is 79.9 cm³/mol. The lowest BCUT2D eigenvalue weighted by Gasteiger charge is -2.24. The maximum Gasteiger partial charge on any atom is 0.174 e. The highest BCUT2D eigenvalue weighted by Gasteiger charge is 2.31. The number of aromatic nitrogens is 2. The van der Waals surface area contributed by atoms with Crippen molar-refractivity contribution in [3.05, 3.63) is 24.2 Å². The first-order valence-electron chi connectivity index (χ1n) is 7.47. The number of aliphatic imine (C=N–C) groups is 1. The van der Waals surface area contributed by atoms with Gasteiger partial charge in [0, 0.05) is 18.6 Å². The van der Waals surface area contributed by atoms with Gasteiger partial charge in [0.2, 0.25) is 0 Å². The molecule has 1 fully saturated rings. The summed E-state index contributed by atoms with van der Waals surface area (Å²) in [5.41, 5.74) is 6.82. The molecule has 4 rings (SSSR count). The Hall–Kier alpha value is -1.86. The highest BCUT2D eigenvalue weighted by molar-refractivity contribution is 6.02. The van der Waals surface area contributed by atoms with E-state index in [-0.39, 0.29) is 18.6 Å². The number of nitrogens with one attached hydrogen (secondary N) is 2. The summed E-state index contributed by atoms with van der Waals surface area (Å²) >= 11 is 0. The van der Waals surface area contributed by atoms with Crippen molar-refractivity contribution >= 4 is 11.7 Å². The van der Waals surface area contributed by atoms with Gasteiger partial charge in [-0.15, -0.1) is 0 Å². The number of nitrogens with zero attached hydrogens (tertiary/aromatic N) is 3. The second-order valence-corrected chi connectivity index (χ2v) is 5.97. The van der Waals surface area contributed by atoms with E-state index in [4.69, 9.17) is 5.73 Å². The van der Waals surface area contributed by atoms with E-state index in [0.717, 1.165) is 23.8 Å². The zero-order valence-corrected chi connectivity index (χ0v) is 11.7. The fourth-order valence-electron chi connectivity index (χ4n) is 2.92. The first kappa shape index (κ1) is 12.8. The average Bonchev–Trinajstić information content (AvgIpc) is 3.01. The van der Waals surface area contributed by atoms with E-state index in [1.54, 1.807) is 0 Å². The molecule has 1 aliphatic heterocycles. The van der Waals surface area contributed by atoms with Crippen LogP contribution in [0.5, 0.6) is 0 Å². The molecule has 0 radical (unpaired) electrons. The standard InChI is InChI=1S/C14H20N6O/c15-14-18-12(17-9-2-3-9)11-13(19-14)20(7-16-11)10-4-1-8(5-10)6-21/h1,4,7-10,14,19,21H,2-3,5-6,15H2,(H,17,18)/t8-,10?,14-/m1/s1. The van der Waals surface area contributed by atoms with Gasteiger partial charge in [0.25, 0.3) is 0 Å². The number of rotatable bonds is 3. The van der Waals surface area contributed by atoms with E-state index in [2.05, 4.69) is 37.3 Å². The maximum absolute atomic E-state index is 9.27. The Bertz CT molecular complexity index is 603. The van der Waals surface area contributed by atoms with Crippen molar-refractivity contribution in [2.75, 3.05) is 11.9 Å². The molecule has 3 atom stereocenters. The van der Waals surface area contributed by atoms with Gasteiger partial charge < -0.3 is 20.3 Å². The molecule has 5 N–H and O–H groups in total. The summed E-state index contributed by atoms with van der Waals surface area (Å²) in [6.07, 6.45) is 8.82. The number of allylic oxidation sites excluding steroid dienone is 1. The molecule has 3 aliphatic rings. The molecule has 2 aliphatic carbocycles. The predicted octanol–water partition coefficient (Wildman–Crippen LogP) is 0.159.